The van der Waals surface area contributed by atoms with Gasteiger partial charge in [-0.25, -0.2) is 0 Å². The lowest BCUT2D eigenvalue weighted by Gasteiger charge is -2.15. The Morgan fingerprint density at radius 3 is 2.00 bits per heavy atom. The number of esters is 1. The summed E-state index contributed by atoms with van der Waals surface area (Å²) in [7, 11) is 0. The molecule has 0 aromatic carbocycles. The van der Waals surface area contributed by atoms with Gasteiger partial charge in [0.1, 0.15) is 10.5 Å². The fourth-order valence-corrected chi connectivity index (χ4v) is 0.876. The summed E-state index contributed by atoms with van der Waals surface area (Å²) in [6.07, 6.45) is -0.281. The molecule has 13 heavy (non-hydrogen) atoms. The van der Waals surface area contributed by atoms with Gasteiger partial charge in [-0.05, 0) is 13.8 Å². The second kappa shape index (κ2) is 5.39. The number of carboxylic acids is 1. The first kappa shape index (κ1) is 12.6. The molecule has 0 rings (SSSR count). The van der Waals surface area contributed by atoms with Crippen LogP contribution in [0.15, 0.2) is 0 Å². The first-order valence-electron chi connectivity index (χ1n) is 3.65. The molecule has 0 aromatic heterocycles. The molecule has 0 aliphatic heterocycles. The average molecular weight is 224 g/mol. The molecule has 0 amide bonds. The largest absolute Gasteiger partial charge is 0.480 e. The summed E-state index contributed by atoms with van der Waals surface area (Å²) in [6.45, 7) is 3.35. The molecule has 6 heteroatoms. The molecule has 0 aliphatic carbocycles. The van der Waals surface area contributed by atoms with Crippen molar-refractivity contribution < 1.29 is 19.4 Å². The SMILES string of the molecule is CC(C)OC(=O)[C@@H](S)[C@@H](S)C(=O)O. The Labute approximate surface area is 87.5 Å². The Morgan fingerprint density at radius 2 is 1.69 bits per heavy atom. The number of hydrogen-bond donors (Lipinski definition) is 3. The maximum Gasteiger partial charge on any atom is 0.320 e. The topological polar surface area (TPSA) is 63.6 Å². The van der Waals surface area contributed by atoms with E-state index in [1.807, 2.05) is 0 Å². The summed E-state index contributed by atoms with van der Waals surface area (Å²) in [5.41, 5.74) is 0. The number of aliphatic carboxylic acids is 1. The summed E-state index contributed by atoms with van der Waals surface area (Å²) in [6, 6.07) is 0. The van der Waals surface area contributed by atoms with Gasteiger partial charge in [0, 0.05) is 0 Å². The Kier molecular flexibility index (Phi) is 5.24. The van der Waals surface area contributed by atoms with Gasteiger partial charge in [-0.1, -0.05) is 0 Å². The first-order chi connectivity index (χ1) is 5.86. The fourth-order valence-electron chi connectivity index (χ4n) is 0.566. The van der Waals surface area contributed by atoms with Crippen molar-refractivity contribution >= 4 is 37.2 Å². The van der Waals surface area contributed by atoms with E-state index in [1.165, 1.54) is 0 Å². The molecule has 0 aliphatic rings. The Bertz CT molecular complexity index is 205. The van der Waals surface area contributed by atoms with E-state index in [4.69, 9.17) is 9.84 Å². The van der Waals surface area contributed by atoms with Crippen molar-refractivity contribution in [2.45, 2.75) is 30.5 Å². The normalized spacial score (nSPS) is 15.2. The molecule has 0 fully saturated rings. The van der Waals surface area contributed by atoms with E-state index in [2.05, 4.69) is 25.3 Å². The number of ether oxygens (including phenoxy) is 1. The number of thiol groups is 2. The van der Waals surface area contributed by atoms with Crippen LogP contribution in [0.4, 0.5) is 0 Å². The van der Waals surface area contributed by atoms with E-state index in [1.54, 1.807) is 13.8 Å². The van der Waals surface area contributed by atoms with Crippen molar-refractivity contribution in [1.82, 2.24) is 0 Å². The van der Waals surface area contributed by atoms with Crippen LogP contribution in [0.5, 0.6) is 0 Å². The number of carbonyl (C=O) groups excluding carboxylic acids is 1. The molecule has 0 unspecified atom stereocenters. The van der Waals surface area contributed by atoms with E-state index in [-0.39, 0.29) is 6.10 Å². The molecule has 1 N–H and O–H groups in total. The molecule has 0 heterocycles. The number of carboxylic acid groups (broad SMARTS) is 1. The fraction of sp³-hybridized carbons (Fsp3) is 0.714. The van der Waals surface area contributed by atoms with Gasteiger partial charge >= 0.3 is 11.9 Å². The van der Waals surface area contributed by atoms with E-state index in [0.717, 1.165) is 0 Å². The van der Waals surface area contributed by atoms with Crippen molar-refractivity contribution in [2.24, 2.45) is 0 Å². The third kappa shape index (κ3) is 4.42. The summed E-state index contributed by atoms with van der Waals surface area (Å²) in [5.74, 6) is -1.86. The maximum absolute atomic E-state index is 11.1. The Balaban J connectivity index is 4.17. The van der Waals surface area contributed by atoms with Crippen LogP contribution < -0.4 is 0 Å². The minimum Gasteiger partial charge on any atom is -0.480 e. The van der Waals surface area contributed by atoms with Gasteiger partial charge in [0.25, 0.3) is 0 Å². The van der Waals surface area contributed by atoms with Gasteiger partial charge < -0.3 is 9.84 Å². The highest BCUT2D eigenvalue weighted by Gasteiger charge is 2.29. The van der Waals surface area contributed by atoms with Gasteiger partial charge in [0.15, 0.2) is 0 Å². The van der Waals surface area contributed by atoms with Crippen LogP contribution in [-0.4, -0.2) is 33.6 Å². The molecule has 76 valence electrons. The highest BCUT2D eigenvalue weighted by Crippen LogP contribution is 2.12. The third-order valence-electron chi connectivity index (χ3n) is 1.15. The lowest BCUT2D eigenvalue weighted by Crippen LogP contribution is -2.34. The Hall–Kier alpha value is -0.360. The van der Waals surface area contributed by atoms with Crippen LogP contribution in [0.1, 0.15) is 13.8 Å². The van der Waals surface area contributed by atoms with Crippen LogP contribution in [0, 0.1) is 0 Å². The molecule has 0 spiro atoms. The predicted molar refractivity (Wildman–Crippen MR) is 54.4 cm³/mol. The van der Waals surface area contributed by atoms with E-state index < -0.39 is 22.4 Å². The van der Waals surface area contributed by atoms with Crippen LogP contribution in [0.25, 0.3) is 0 Å². The summed E-state index contributed by atoms with van der Waals surface area (Å²) >= 11 is 7.51. The molecule has 0 saturated heterocycles. The number of hydrogen-bond acceptors (Lipinski definition) is 5. The minimum atomic E-state index is -1.19. The number of rotatable bonds is 4. The quantitative estimate of drug-likeness (QED) is 0.484. The third-order valence-corrected chi connectivity index (χ3v) is 2.41. The zero-order chi connectivity index (χ0) is 10.6. The van der Waals surface area contributed by atoms with Gasteiger partial charge in [0.2, 0.25) is 0 Å². The van der Waals surface area contributed by atoms with Crippen molar-refractivity contribution in [1.29, 1.82) is 0 Å². The van der Waals surface area contributed by atoms with Crippen LogP contribution in [-0.2, 0) is 14.3 Å². The molecule has 2 atom stereocenters. The van der Waals surface area contributed by atoms with Crippen LogP contribution in [0.3, 0.4) is 0 Å². The predicted octanol–water partition coefficient (Wildman–Crippen LogP) is 0.619. The summed E-state index contributed by atoms with van der Waals surface area (Å²) in [4.78, 5) is 21.5. The summed E-state index contributed by atoms with van der Waals surface area (Å²) < 4.78 is 4.76. The van der Waals surface area contributed by atoms with Crippen LogP contribution in [0.2, 0.25) is 0 Å². The van der Waals surface area contributed by atoms with Crippen LogP contribution >= 0.6 is 25.3 Å². The van der Waals surface area contributed by atoms with Gasteiger partial charge in [-0.3, -0.25) is 9.59 Å². The Morgan fingerprint density at radius 1 is 1.23 bits per heavy atom. The molecule has 0 aromatic rings. The van der Waals surface area contributed by atoms with E-state index in [9.17, 15) is 9.59 Å². The zero-order valence-corrected chi connectivity index (χ0v) is 9.09. The van der Waals surface area contributed by atoms with Gasteiger partial charge in [0.05, 0.1) is 6.10 Å². The average Bonchev–Trinajstić information content (AvgIpc) is 2.00. The second-order valence-corrected chi connectivity index (χ2v) is 3.83. The monoisotopic (exact) mass is 224 g/mol. The van der Waals surface area contributed by atoms with Crippen molar-refractivity contribution in [2.75, 3.05) is 0 Å². The van der Waals surface area contributed by atoms with E-state index >= 15 is 0 Å². The van der Waals surface area contributed by atoms with E-state index in [0.29, 0.717) is 0 Å². The number of carbonyl (C=O) groups is 2. The molecule has 0 bridgehead atoms. The standard InChI is InChI=1S/C7H12O4S2/c1-3(2)11-7(10)5(13)4(12)6(8)9/h3-5,12-13H,1-2H3,(H,8,9)/t4-,5+/m1/s1. The van der Waals surface area contributed by atoms with Gasteiger partial charge in [-0.15, -0.1) is 0 Å². The molecule has 4 nitrogen and oxygen atoms in total. The minimum absolute atomic E-state index is 0.281. The van der Waals surface area contributed by atoms with Crippen molar-refractivity contribution in [3.05, 3.63) is 0 Å². The molecular formula is C7H12O4S2. The second-order valence-electron chi connectivity index (χ2n) is 2.71. The lowest BCUT2D eigenvalue weighted by atomic mass is 10.3. The summed E-state index contributed by atoms with van der Waals surface area (Å²) in [5, 5.41) is 6.32. The highest BCUT2D eigenvalue weighted by atomic mass is 32.1. The first-order valence-corrected chi connectivity index (χ1v) is 4.69. The molecule has 0 saturated carbocycles. The zero-order valence-electron chi connectivity index (χ0n) is 7.30. The van der Waals surface area contributed by atoms with Gasteiger partial charge in [-0.2, -0.15) is 25.3 Å². The smallest absolute Gasteiger partial charge is 0.320 e. The molecular weight excluding hydrogens is 212 g/mol. The van der Waals surface area contributed by atoms with Crippen molar-refractivity contribution in [3.63, 3.8) is 0 Å². The van der Waals surface area contributed by atoms with Crippen molar-refractivity contribution in [3.8, 4) is 0 Å². The maximum atomic E-state index is 11.1. The highest BCUT2D eigenvalue weighted by molar-refractivity contribution is 7.86. The lowest BCUT2D eigenvalue weighted by molar-refractivity contribution is -0.149. The molecule has 0 radical (unpaired) electrons.